The summed E-state index contributed by atoms with van der Waals surface area (Å²) in [6.07, 6.45) is 0.491. The van der Waals surface area contributed by atoms with Crippen molar-refractivity contribution in [2.45, 2.75) is 11.8 Å². The Morgan fingerprint density at radius 3 is 1.15 bits per heavy atom. The van der Waals surface area contributed by atoms with E-state index in [1.807, 2.05) is 0 Å². The van der Waals surface area contributed by atoms with Gasteiger partial charge in [-0.2, -0.15) is 17.6 Å². The molecule has 0 N–H and O–H groups in total. The number of rotatable bonds is 4. The number of halogens is 4. The molecule has 2 aromatic carbocycles. The van der Waals surface area contributed by atoms with Crippen LogP contribution in [0.25, 0.3) is 0 Å². The molecule has 20 heavy (non-hydrogen) atoms. The van der Waals surface area contributed by atoms with E-state index in [9.17, 15) is 17.6 Å². The fourth-order valence-corrected chi connectivity index (χ4v) is 1.72. The summed E-state index contributed by atoms with van der Waals surface area (Å²) in [5.74, 6) is -6.86. The van der Waals surface area contributed by atoms with E-state index in [0.717, 1.165) is 0 Å². The van der Waals surface area contributed by atoms with E-state index in [2.05, 4.69) is 0 Å². The maximum Gasteiger partial charge on any atom is 0.291 e. The molecule has 0 spiro atoms. The molecule has 0 radical (unpaired) electrons. The summed E-state index contributed by atoms with van der Waals surface area (Å²) in [6, 6.07) is 13.7. The predicted molar refractivity (Wildman–Crippen MR) is 69.8 cm³/mol. The summed E-state index contributed by atoms with van der Waals surface area (Å²) in [5, 5.41) is 0. The molecule has 0 unspecified atom stereocenters. The van der Waals surface area contributed by atoms with Crippen LogP contribution in [0.5, 0.6) is 0 Å². The van der Waals surface area contributed by atoms with Gasteiger partial charge in [-0.15, -0.1) is 0 Å². The molecule has 0 aliphatic carbocycles. The minimum Gasteiger partial charge on any atom is -0.197 e. The minimum absolute atomic E-state index is 0.245. The van der Waals surface area contributed by atoms with Crippen molar-refractivity contribution in [2.24, 2.45) is 0 Å². The second-order valence-electron chi connectivity index (χ2n) is 4.31. The first-order valence-electron chi connectivity index (χ1n) is 5.99. The molecule has 104 valence electrons. The van der Waals surface area contributed by atoms with Crippen molar-refractivity contribution in [3.63, 3.8) is 0 Å². The first-order chi connectivity index (χ1) is 9.42. The predicted octanol–water partition coefficient (Wildman–Crippen LogP) is 5.13. The van der Waals surface area contributed by atoms with Gasteiger partial charge in [0.05, 0.1) is 0 Å². The summed E-state index contributed by atoms with van der Waals surface area (Å²) >= 11 is 0. The number of hydrogen-bond acceptors (Lipinski definition) is 0. The fraction of sp³-hybridized carbons (Fsp3) is 0.125. The van der Waals surface area contributed by atoms with Gasteiger partial charge in [-0.3, -0.25) is 0 Å². The summed E-state index contributed by atoms with van der Waals surface area (Å²) in [7, 11) is 0. The van der Waals surface area contributed by atoms with Crippen LogP contribution in [0.1, 0.15) is 11.1 Å². The third-order valence-electron chi connectivity index (χ3n) is 2.82. The minimum atomic E-state index is -3.43. The number of allylic oxidation sites excluding steroid dienone is 2. The van der Waals surface area contributed by atoms with Crippen LogP contribution >= 0.6 is 0 Å². The van der Waals surface area contributed by atoms with Gasteiger partial charge in [0, 0.05) is 11.1 Å². The maximum atomic E-state index is 13.8. The first-order valence-corrected chi connectivity index (χ1v) is 5.99. The summed E-state index contributed by atoms with van der Waals surface area (Å²) in [6.45, 7) is 0. The molecule has 0 bridgehead atoms. The zero-order chi connectivity index (χ0) is 14.6. The molecule has 0 aliphatic heterocycles. The van der Waals surface area contributed by atoms with Gasteiger partial charge in [-0.1, -0.05) is 60.7 Å². The molecule has 0 atom stereocenters. The molecular weight excluding hydrogens is 268 g/mol. The Labute approximate surface area is 114 Å². The van der Waals surface area contributed by atoms with Gasteiger partial charge in [-0.05, 0) is 12.2 Å². The van der Waals surface area contributed by atoms with Crippen LogP contribution in [0.15, 0.2) is 72.8 Å². The highest BCUT2D eigenvalue weighted by atomic mass is 19.3. The van der Waals surface area contributed by atoms with E-state index in [1.54, 1.807) is 12.1 Å². The smallest absolute Gasteiger partial charge is 0.197 e. The van der Waals surface area contributed by atoms with Crippen molar-refractivity contribution >= 4 is 0 Å². The second-order valence-corrected chi connectivity index (χ2v) is 4.31. The monoisotopic (exact) mass is 280 g/mol. The van der Waals surface area contributed by atoms with Crippen LogP contribution in [-0.2, 0) is 11.8 Å². The zero-order valence-corrected chi connectivity index (χ0v) is 10.4. The molecule has 0 saturated carbocycles. The van der Waals surface area contributed by atoms with E-state index < -0.39 is 11.8 Å². The Balaban J connectivity index is 2.24. The lowest BCUT2D eigenvalue weighted by Crippen LogP contribution is -2.14. The number of hydrogen-bond donors (Lipinski definition) is 0. The molecule has 0 aromatic heterocycles. The molecule has 0 amide bonds. The average molecular weight is 280 g/mol. The molecule has 0 saturated heterocycles. The van der Waals surface area contributed by atoms with Crippen LogP contribution in [0.4, 0.5) is 17.6 Å². The molecular formula is C16H12F4. The van der Waals surface area contributed by atoms with Gasteiger partial charge >= 0.3 is 0 Å². The van der Waals surface area contributed by atoms with Crippen molar-refractivity contribution in [1.82, 2.24) is 0 Å². The normalized spacial score (nSPS) is 12.8. The summed E-state index contributed by atoms with van der Waals surface area (Å²) < 4.78 is 55.1. The van der Waals surface area contributed by atoms with Gasteiger partial charge in [0.1, 0.15) is 0 Å². The standard InChI is InChI=1S/C16H12F4/c17-15(18,13-7-3-1-4-8-13)11-12-16(19,20)14-9-5-2-6-10-14/h1-12H/b12-11+. The Hall–Kier alpha value is -2.10. The SMILES string of the molecule is FC(F)(/C=C/C(F)(F)c1ccccc1)c1ccccc1. The Kier molecular flexibility index (Phi) is 3.93. The van der Waals surface area contributed by atoms with Crippen molar-refractivity contribution in [2.75, 3.05) is 0 Å². The lowest BCUT2D eigenvalue weighted by molar-refractivity contribution is 0.0316. The molecule has 2 rings (SSSR count). The number of alkyl halides is 4. The zero-order valence-electron chi connectivity index (χ0n) is 10.4. The van der Waals surface area contributed by atoms with Gasteiger partial charge in [0.25, 0.3) is 11.8 Å². The van der Waals surface area contributed by atoms with Crippen molar-refractivity contribution in [3.05, 3.63) is 83.9 Å². The van der Waals surface area contributed by atoms with Crippen LogP contribution in [-0.4, -0.2) is 0 Å². The third kappa shape index (κ3) is 3.26. The summed E-state index contributed by atoms with van der Waals surface area (Å²) in [5.41, 5.74) is -0.639. The van der Waals surface area contributed by atoms with Crippen molar-refractivity contribution in [1.29, 1.82) is 0 Å². The van der Waals surface area contributed by atoms with Crippen LogP contribution in [0.2, 0.25) is 0 Å². The van der Waals surface area contributed by atoms with Gasteiger partial charge in [0.15, 0.2) is 0 Å². The van der Waals surface area contributed by atoms with E-state index in [4.69, 9.17) is 0 Å². The van der Waals surface area contributed by atoms with Gasteiger partial charge < -0.3 is 0 Å². The second kappa shape index (κ2) is 5.49. The lowest BCUT2D eigenvalue weighted by atomic mass is 10.0. The molecule has 0 fully saturated rings. The van der Waals surface area contributed by atoms with Gasteiger partial charge in [0.2, 0.25) is 0 Å². The van der Waals surface area contributed by atoms with E-state index in [-0.39, 0.29) is 23.3 Å². The van der Waals surface area contributed by atoms with Crippen LogP contribution in [0.3, 0.4) is 0 Å². The van der Waals surface area contributed by atoms with Crippen molar-refractivity contribution in [3.8, 4) is 0 Å². The highest BCUT2D eigenvalue weighted by Crippen LogP contribution is 2.34. The maximum absolute atomic E-state index is 13.8. The third-order valence-corrected chi connectivity index (χ3v) is 2.82. The van der Waals surface area contributed by atoms with Crippen LogP contribution < -0.4 is 0 Å². The number of benzene rings is 2. The molecule has 2 aromatic rings. The molecule has 0 aliphatic rings. The average Bonchev–Trinajstić information content (AvgIpc) is 2.47. The largest absolute Gasteiger partial charge is 0.291 e. The van der Waals surface area contributed by atoms with E-state index in [1.165, 1.54) is 48.5 Å². The Morgan fingerprint density at radius 1 is 0.550 bits per heavy atom. The fourth-order valence-electron chi connectivity index (χ4n) is 1.72. The Bertz CT molecular complexity index is 520. The highest BCUT2D eigenvalue weighted by molar-refractivity contribution is 5.28. The molecule has 0 heterocycles. The van der Waals surface area contributed by atoms with Crippen molar-refractivity contribution < 1.29 is 17.6 Å². The first kappa shape index (κ1) is 14.3. The Morgan fingerprint density at radius 2 is 0.850 bits per heavy atom. The van der Waals surface area contributed by atoms with Crippen LogP contribution in [0, 0.1) is 0 Å². The molecule has 4 heteroatoms. The van der Waals surface area contributed by atoms with E-state index >= 15 is 0 Å². The highest BCUT2D eigenvalue weighted by Gasteiger charge is 2.33. The molecule has 0 nitrogen and oxygen atoms in total. The summed E-state index contributed by atoms with van der Waals surface area (Å²) in [4.78, 5) is 0. The topological polar surface area (TPSA) is 0 Å². The quantitative estimate of drug-likeness (QED) is 0.538. The lowest BCUT2D eigenvalue weighted by Gasteiger charge is -2.15. The van der Waals surface area contributed by atoms with Gasteiger partial charge in [-0.25, -0.2) is 0 Å². The van der Waals surface area contributed by atoms with E-state index in [0.29, 0.717) is 0 Å².